The molecule has 0 aromatic carbocycles. The molecule has 0 bridgehead atoms. The van der Waals surface area contributed by atoms with Gasteiger partial charge in [0.05, 0.1) is 22.0 Å². The smallest absolute Gasteiger partial charge is 0.403 e. The third kappa shape index (κ3) is 6.20. The van der Waals surface area contributed by atoms with E-state index in [2.05, 4.69) is 31.9 Å². The summed E-state index contributed by atoms with van der Waals surface area (Å²) in [5, 5.41) is 21.4. The van der Waals surface area contributed by atoms with Crippen LogP contribution in [0.4, 0.5) is 11.8 Å². The van der Waals surface area contributed by atoms with E-state index in [9.17, 15) is 24.8 Å². The van der Waals surface area contributed by atoms with Crippen molar-refractivity contribution in [3.8, 4) is 0 Å². The maximum absolute atomic E-state index is 13.5. The fraction of sp³-hybridized carbons (Fsp3) is 0.429. The molecule has 0 aliphatic heterocycles. The highest BCUT2D eigenvalue weighted by Crippen LogP contribution is 2.57. The van der Waals surface area contributed by atoms with E-state index in [0.29, 0.717) is 0 Å². The molecule has 0 radical (unpaired) electrons. The Morgan fingerprint density at radius 3 is 1.62 bits per heavy atom. The average molecular weight is 561 g/mol. The molecule has 0 aliphatic carbocycles. The monoisotopic (exact) mass is 559 g/mol. The van der Waals surface area contributed by atoms with Crippen molar-refractivity contribution in [1.82, 2.24) is 4.67 Å². The van der Waals surface area contributed by atoms with Crippen LogP contribution >= 0.6 is 39.6 Å². The zero-order valence-corrected chi connectivity index (χ0v) is 19.2. The quantitative estimate of drug-likeness (QED) is 0.116. The molecular weight excluding hydrogens is 545 g/mol. The van der Waals surface area contributed by atoms with Crippen LogP contribution in [0.1, 0.15) is 25.4 Å². The van der Waals surface area contributed by atoms with Crippen LogP contribution in [0.15, 0.2) is 33.1 Å². The van der Waals surface area contributed by atoms with Crippen LogP contribution in [0.3, 0.4) is 0 Å². The number of nitro groups is 2. The van der Waals surface area contributed by atoms with E-state index in [1.807, 2.05) is 0 Å². The van der Waals surface area contributed by atoms with Crippen LogP contribution < -0.4 is 0 Å². The molecule has 0 spiro atoms. The highest BCUT2D eigenvalue weighted by atomic mass is 79.9. The molecule has 29 heavy (non-hydrogen) atoms. The topological polar surface area (TPSA) is 151 Å². The predicted molar refractivity (Wildman–Crippen MR) is 107 cm³/mol. The summed E-state index contributed by atoms with van der Waals surface area (Å²) in [5.41, 5.74) is 0. The normalized spacial score (nSPS) is 14.1. The highest BCUT2D eigenvalue weighted by Gasteiger charge is 2.40. The Balaban J connectivity index is 2.20. The number of alkyl halides is 2. The van der Waals surface area contributed by atoms with Crippen molar-refractivity contribution in [2.24, 2.45) is 0 Å². The minimum absolute atomic E-state index is 0.0681. The Kier molecular flexibility index (Phi) is 8.14. The first kappa shape index (κ1) is 23.7. The minimum Gasteiger partial charge on any atom is -0.403 e. The summed E-state index contributed by atoms with van der Waals surface area (Å²) in [4.78, 5) is 19.1. The van der Waals surface area contributed by atoms with Gasteiger partial charge in [0.2, 0.25) is 0 Å². The van der Waals surface area contributed by atoms with Crippen molar-refractivity contribution >= 4 is 51.4 Å². The second-order valence-corrected chi connectivity index (χ2v) is 10.1. The fourth-order valence-corrected chi connectivity index (χ4v) is 6.29. The summed E-state index contributed by atoms with van der Waals surface area (Å²) in [6.45, 7) is 2.62. The molecule has 160 valence electrons. The van der Waals surface area contributed by atoms with Crippen LogP contribution in [0.5, 0.6) is 0 Å². The molecule has 2 aromatic heterocycles. The van der Waals surface area contributed by atoms with Crippen molar-refractivity contribution in [2.45, 2.75) is 37.0 Å². The average Bonchev–Trinajstić information content (AvgIpc) is 3.27. The summed E-state index contributed by atoms with van der Waals surface area (Å²) in [6, 6.07) is 4.92. The van der Waals surface area contributed by atoms with E-state index in [1.54, 1.807) is 13.8 Å². The van der Waals surface area contributed by atoms with Crippen LogP contribution in [0.25, 0.3) is 0 Å². The molecule has 2 unspecified atom stereocenters. The second-order valence-electron chi connectivity index (χ2n) is 5.54. The van der Waals surface area contributed by atoms with Crippen LogP contribution in [-0.4, -0.2) is 24.4 Å². The number of furan rings is 2. The van der Waals surface area contributed by atoms with Gasteiger partial charge >= 0.3 is 19.5 Å². The van der Waals surface area contributed by atoms with Crippen molar-refractivity contribution in [3.05, 3.63) is 56.0 Å². The first-order valence-corrected chi connectivity index (χ1v) is 11.3. The molecule has 0 aliphatic rings. The van der Waals surface area contributed by atoms with Crippen LogP contribution in [-0.2, 0) is 26.8 Å². The van der Waals surface area contributed by atoms with E-state index < -0.39 is 39.3 Å². The lowest BCUT2D eigenvalue weighted by Gasteiger charge is -2.33. The van der Waals surface area contributed by atoms with Gasteiger partial charge in [-0.25, -0.2) is 4.57 Å². The van der Waals surface area contributed by atoms with Crippen molar-refractivity contribution < 1.29 is 32.3 Å². The fourth-order valence-electron chi connectivity index (χ4n) is 2.22. The van der Waals surface area contributed by atoms with Gasteiger partial charge in [0, 0.05) is 0 Å². The first-order chi connectivity index (χ1) is 13.5. The maximum Gasteiger partial charge on any atom is 0.433 e. The Hall–Kier alpha value is -1.57. The molecule has 15 heteroatoms. The molecule has 0 saturated carbocycles. The van der Waals surface area contributed by atoms with Crippen molar-refractivity contribution in [3.63, 3.8) is 0 Å². The summed E-state index contributed by atoms with van der Waals surface area (Å²) in [6.07, 6.45) is 0. The molecule has 2 rings (SSSR count). The summed E-state index contributed by atoms with van der Waals surface area (Å²) < 4.78 is 35.8. The largest absolute Gasteiger partial charge is 0.433 e. The van der Waals surface area contributed by atoms with E-state index in [-0.39, 0.29) is 24.7 Å². The Bertz CT molecular complexity index is 846. The molecule has 2 heterocycles. The van der Waals surface area contributed by atoms with Crippen LogP contribution in [0, 0.1) is 20.2 Å². The van der Waals surface area contributed by atoms with Gasteiger partial charge in [-0.2, -0.15) is 4.67 Å². The van der Waals surface area contributed by atoms with E-state index in [4.69, 9.17) is 17.9 Å². The highest BCUT2D eigenvalue weighted by molar-refractivity contribution is 9.10. The first-order valence-electron chi connectivity index (χ1n) is 7.96. The summed E-state index contributed by atoms with van der Waals surface area (Å²) in [7, 11) is -4.02. The summed E-state index contributed by atoms with van der Waals surface area (Å²) in [5.74, 6) is -0.833. The van der Waals surface area contributed by atoms with E-state index >= 15 is 0 Å². The lowest BCUT2D eigenvalue weighted by Crippen LogP contribution is -2.32. The Labute approximate surface area is 181 Å². The second kappa shape index (κ2) is 9.96. The van der Waals surface area contributed by atoms with Gasteiger partial charge in [0.15, 0.2) is 0 Å². The molecule has 2 aromatic rings. The van der Waals surface area contributed by atoms with E-state index in [1.165, 1.54) is 16.8 Å². The van der Waals surface area contributed by atoms with Crippen molar-refractivity contribution in [2.75, 3.05) is 0 Å². The third-order valence-electron chi connectivity index (χ3n) is 3.41. The van der Waals surface area contributed by atoms with Crippen molar-refractivity contribution in [1.29, 1.82) is 0 Å². The van der Waals surface area contributed by atoms with Gasteiger partial charge in [-0.05, 0) is 26.0 Å². The van der Waals surface area contributed by atoms with Gasteiger partial charge in [0.1, 0.15) is 34.6 Å². The molecule has 12 nitrogen and oxygen atoms in total. The Morgan fingerprint density at radius 1 is 0.966 bits per heavy atom. The predicted octanol–water partition coefficient (Wildman–Crippen LogP) is 5.31. The number of rotatable bonds is 11. The zero-order valence-electron chi connectivity index (χ0n) is 15.1. The Morgan fingerprint density at radius 2 is 1.34 bits per heavy atom. The van der Waals surface area contributed by atoms with Gasteiger partial charge in [-0.15, -0.1) is 0 Å². The standard InChI is InChI=1S/C14H16Br2N3O9P/c1-9(15)17(10(2)16)29(24,25-7-11-3-5-13(27-11)18(20)21)26-8-12-4-6-14(28-12)19(22)23/h3-6,9-10H,7-8H2,1-2H3. The van der Waals surface area contributed by atoms with Gasteiger partial charge in [0.25, 0.3) is 0 Å². The maximum atomic E-state index is 13.5. The number of nitrogens with zero attached hydrogens (tertiary/aromatic N) is 3. The molecule has 2 atom stereocenters. The molecule has 0 amide bonds. The van der Waals surface area contributed by atoms with Gasteiger partial charge in [-0.3, -0.25) is 29.3 Å². The minimum atomic E-state index is -4.02. The lowest BCUT2D eigenvalue weighted by atomic mass is 10.5. The zero-order chi connectivity index (χ0) is 21.8. The van der Waals surface area contributed by atoms with Crippen LogP contribution in [0.2, 0.25) is 0 Å². The number of hydrogen-bond donors (Lipinski definition) is 0. The van der Waals surface area contributed by atoms with Gasteiger partial charge in [-0.1, -0.05) is 31.9 Å². The lowest BCUT2D eigenvalue weighted by molar-refractivity contribution is -0.402. The molecule has 0 saturated heterocycles. The molecule has 0 fully saturated rings. The number of hydrogen-bond acceptors (Lipinski definition) is 9. The van der Waals surface area contributed by atoms with Gasteiger partial charge < -0.3 is 8.83 Å². The SMILES string of the molecule is CC(Br)N(C(C)Br)P(=O)(OCc1ccc([N+](=O)[O-])o1)OCc1ccc([N+](=O)[O-])o1. The molecular formula is C14H16Br2N3O9P. The number of halogens is 2. The third-order valence-corrected chi connectivity index (χ3v) is 7.09. The van der Waals surface area contributed by atoms with E-state index in [0.717, 1.165) is 12.1 Å². The summed E-state index contributed by atoms with van der Waals surface area (Å²) >= 11 is 6.63. The molecule has 0 N–H and O–H groups in total.